The Morgan fingerprint density at radius 2 is 2.00 bits per heavy atom. The number of fused-ring (bicyclic) bond motifs is 3. The van der Waals surface area contributed by atoms with Crippen molar-refractivity contribution in [2.24, 2.45) is 5.92 Å². The van der Waals surface area contributed by atoms with Crippen LogP contribution >= 0.6 is 0 Å². The predicted octanol–water partition coefficient (Wildman–Crippen LogP) is 1.56. The molecule has 3 unspecified atom stereocenters. The number of hydrogen-bond acceptors (Lipinski definition) is 7. The minimum absolute atomic E-state index is 0.233. The molecule has 3 aliphatic rings. The zero-order chi connectivity index (χ0) is 19.3. The summed E-state index contributed by atoms with van der Waals surface area (Å²) in [5.74, 6) is -1.19. The Bertz CT molecular complexity index is 1010. The van der Waals surface area contributed by atoms with Crippen LogP contribution in [0.1, 0.15) is 24.2 Å². The maximum absolute atomic E-state index is 12.2. The molecule has 0 aromatic heterocycles. The summed E-state index contributed by atoms with van der Waals surface area (Å²) < 4.78 is 41.2. The summed E-state index contributed by atoms with van der Waals surface area (Å²) >= 11 is 0. The summed E-state index contributed by atoms with van der Waals surface area (Å²) in [7, 11) is -3.40. The molecule has 3 atom stereocenters. The average molecular weight is 391 g/mol. The van der Waals surface area contributed by atoms with Crippen LogP contribution in [-0.2, 0) is 40.2 Å². The third kappa shape index (κ3) is 3.30. The van der Waals surface area contributed by atoms with E-state index < -0.39 is 34.4 Å². The van der Waals surface area contributed by atoms with E-state index in [1.165, 1.54) is 12.3 Å². The van der Waals surface area contributed by atoms with Crippen molar-refractivity contribution in [2.45, 2.75) is 25.7 Å². The van der Waals surface area contributed by atoms with E-state index in [0.29, 0.717) is 23.3 Å². The molecule has 1 saturated heterocycles. The highest BCUT2D eigenvalue weighted by molar-refractivity contribution is 7.92. The van der Waals surface area contributed by atoms with Gasteiger partial charge in [-0.3, -0.25) is 4.72 Å². The largest absolute Gasteiger partial charge is 0.458 e. The van der Waals surface area contributed by atoms with Crippen molar-refractivity contribution in [2.75, 3.05) is 11.0 Å². The maximum atomic E-state index is 12.2. The van der Waals surface area contributed by atoms with Gasteiger partial charge in [-0.2, -0.15) is 0 Å². The molecule has 27 heavy (non-hydrogen) atoms. The second-order valence-electron chi connectivity index (χ2n) is 6.76. The number of hydrogen-bond donors (Lipinski definition) is 1. The van der Waals surface area contributed by atoms with E-state index in [0.717, 1.165) is 17.4 Å². The van der Waals surface area contributed by atoms with E-state index in [9.17, 15) is 18.0 Å². The third-order valence-electron chi connectivity index (χ3n) is 4.69. The Kier molecular flexibility index (Phi) is 3.99. The van der Waals surface area contributed by atoms with Crippen molar-refractivity contribution < 1.29 is 32.2 Å². The molecule has 0 saturated carbocycles. The fourth-order valence-electron chi connectivity index (χ4n) is 3.48. The molecule has 1 aromatic rings. The highest BCUT2D eigenvalue weighted by Gasteiger charge is 2.46. The van der Waals surface area contributed by atoms with Crippen LogP contribution in [0.4, 0.5) is 5.69 Å². The first kappa shape index (κ1) is 17.6. The van der Waals surface area contributed by atoms with Crippen molar-refractivity contribution in [1.82, 2.24) is 0 Å². The summed E-state index contributed by atoms with van der Waals surface area (Å²) in [4.78, 5) is 23.6. The first-order valence-corrected chi connectivity index (χ1v) is 10.2. The molecule has 9 heteroatoms. The lowest BCUT2D eigenvalue weighted by Crippen LogP contribution is -2.11. The van der Waals surface area contributed by atoms with E-state index in [1.54, 1.807) is 19.1 Å². The lowest BCUT2D eigenvalue weighted by molar-refractivity contribution is -0.152. The molecule has 1 N–H and O–H groups in total. The van der Waals surface area contributed by atoms with E-state index >= 15 is 0 Å². The molecule has 1 aliphatic carbocycles. The van der Waals surface area contributed by atoms with Gasteiger partial charge in [0.25, 0.3) is 6.29 Å². The molecule has 1 aromatic carbocycles. The Morgan fingerprint density at radius 1 is 1.22 bits per heavy atom. The number of cyclic esters (lactones) is 1. The zero-order valence-electron chi connectivity index (χ0n) is 14.6. The molecule has 0 amide bonds. The summed E-state index contributed by atoms with van der Waals surface area (Å²) in [6.07, 6.45) is 3.12. The topological polar surface area (TPSA) is 108 Å². The number of sulfonamides is 1. The number of esters is 2. The van der Waals surface area contributed by atoms with Gasteiger partial charge in [0.15, 0.2) is 0 Å². The van der Waals surface area contributed by atoms with Crippen molar-refractivity contribution in [1.29, 1.82) is 0 Å². The summed E-state index contributed by atoms with van der Waals surface area (Å²) in [5, 5.41) is 0. The fourth-order valence-corrected chi connectivity index (χ4v) is 4.04. The third-order valence-corrected chi connectivity index (χ3v) is 5.30. The predicted molar refractivity (Wildman–Crippen MR) is 93.7 cm³/mol. The van der Waals surface area contributed by atoms with Crippen LogP contribution in [0.2, 0.25) is 0 Å². The van der Waals surface area contributed by atoms with Crippen molar-refractivity contribution in [3.63, 3.8) is 0 Å². The minimum atomic E-state index is -3.40. The lowest BCUT2D eigenvalue weighted by atomic mass is 9.98. The molecule has 0 spiro atoms. The monoisotopic (exact) mass is 391 g/mol. The van der Waals surface area contributed by atoms with Crippen LogP contribution in [0.25, 0.3) is 0 Å². The molecule has 8 nitrogen and oxygen atoms in total. The molecule has 2 aliphatic heterocycles. The van der Waals surface area contributed by atoms with Crippen LogP contribution in [-0.4, -0.2) is 32.9 Å². The average Bonchev–Trinajstić information content (AvgIpc) is 3.17. The normalized spacial score (nSPS) is 27.7. The molecular formula is C18H17NO7S. The number of nitrogens with one attached hydrogen (secondary N) is 1. The minimum Gasteiger partial charge on any atom is -0.458 e. The smallest absolute Gasteiger partial charge is 0.338 e. The Balaban J connectivity index is 1.55. The van der Waals surface area contributed by atoms with Gasteiger partial charge in [0, 0.05) is 23.3 Å². The summed E-state index contributed by atoms with van der Waals surface area (Å²) in [5.41, 5.74) is 2.98. The van der Waals surface area contributed by atoms with Gasteiger partial charge in [-0.15, -0.1) is 0 Å². The van der Waals surface area contributed by atoms with E-state index in [2.05, 4.69) is 4.72 Å². The quantitative estimate of drug-likeness (QED) is 0.471. The van der Waals surface area contributed by atoms with Crippen molar-refractivity contribution in [3.05, 3.63) is 52.8 Å². The van der Waals surface area contributed by atoms with E-state index in [4.69, 9.17) is 14.2 Å². The molecular weight excluding hydrogens is 374 g/mol. The van der Waals surface area contributed by atoms with Crippen LogP contribution in [0.15, 0.2) is 41.7 Å². The van der Waals surface area contributed by atoms with E-state index in [1.807, 2.05) is 6.07 Å². The van der Waals surface area contributed by atoms with Gasteiger partial charge in [0.05, 0.1) is 18.1 Å². The van der Waals surface area contributed by atoms with Crippen LogP contribution in [0.3, 0.4) is 0 Å². The number of carbonyl (C=O) groups excluding carboxylic acids is 2. The number of ether oxygens (including phenoxy) is 3. The lowest BCUT2D eigenvalue weighted by Gasteiger charge is -2.11. The Hall–Kier alpha value is -2.81. The number of rotatable bonds is 4. The standard InChI is InChI=1S/C18H17NO7S/c1-9-5-15(25-17(9)20)24-8-14-13-6-10-3-4-11(19-27(2,22)23)7-12(10)16(13)26-18(14)21/h3-5,7-8,13,15-16,19H,6H2,1-2H3/b14-8-. The molecule has 0 radical (unpaired) electrons. The van der Waals surface area contributed by atoms with Gasteiger partial charge < -0.3 is 14.2 Å². The maximum Gasteiger partial charge on any atom is 0.338 e. The summed E-state index contributed by atoms with van der Waals surface area (Å²) in [6, 6.07) is 5.18. The SMILES string of the molecule is CC1=CC(O/C=C2\C(=O)OC3c4cc(NS(C)(=O)=O)ccc4CC23)OC1=O. The van der Waals surface area contributed by atoms with Crippen LogP contribution in [0.5, 0.6) is 0 Å². The first-order chi connectivity index (χ1) is 12.7. The highest BCUT2D eigenvalue weighted by Crippen LogP contribution is 2.48. The van der Waals surface area contributed by atoms with Crippen LogP contribution < -0.4 is 4.72 Å². The molecule has 2 heterocycles. The molecule has 1 fully saturated rings. The van der Waals surface area contributed by atoms with Gasteiger partial charge in [-0.05, 0) is 36.6 Å². The van der Waals surface area contributed by atoms with Crippen molar-refractivity contribution >= 4 is 27.6 Å². The van der Waals surface area contributed by atoms with Gasteiger partial charge in [0.2, 0.25) is 10.0 Å². The molecule has 0 bridgehead atoms. The number of carbonyl (C=O) groups is 2. The van der Waals surface area contributed by atoms with E-state index in [-0.39, 0.29) is 5.92 Å². The zero-order valence-corrected chi connectivity index (χ0v) is 15.4. The first-order valence-electron chi connectivity index (χ1n) is 8.28. The fraction of sp³-hybridized carbons (Fsp3) is 0.333. The molecule has 142 valence electrons. The second kappa shape index (κ2) is 6.12. The summed E-state index contributed by atoms with van der Waals surface area (Å²) in [6.45, 7) is 1.62. The van der Waals surface area contributed by atoms with Crippen molar-refractivity contribution in [3.8, 4) is 0 Å². The number of benzene rings is 1. The van der Waals surface area contributed by atoms with Gasteiger partial charge in [0.1, 0.15) is 6.10 Å². The number of anilines is 1. The van der Waals surface area contributed by atoms with Crippen LogP contribution in [0, 0.1) is 5.92 Å². The van der Waals surface area contributed by atoms with Gasteiger partial charge in [-0.25, -0.2) is 18.0 Å². The molecule has 4 rings (SSSR count). The van der Waals surface area contributed by atoms with Gasteiger partial charge >= 0.3 is 11.9 Å². The second-order valence-corrected chi connectivity index (χ2v) is 8.51. The Morgan fingerprint density at radius 3 is 2.67 bits per heavy atom. The van der Waals surface area contributed by atoms with Gasteiger partial charge in [-0.1, -0.05) is 6.07 Å². The highest BCUT2D eigenvalue weighted by atomic mass is 32.2. The Labute approximate surface area is 155 Å².